The second kappa shape index (κ2) is 13.0. The Balaban J connectivity index is 1.13. The van der Waals surface area contributed by atoms with Crippen molar-refractivity contribution >= 4 is 43.7 Å². The van der Waals surface area contributed by atoms with E-state index in [4.69, 9.17) is 19.4 Å². The molecule has 0 aliphatic heterocycles. The Morgan fingerprint density at radius 3 is 1.57 bits per heavy atom. The predicted octanol–water partition coefficient (Wildman–Crippen LogP) is 13.2. The van der Waals surface area contributed by atoms with E-state index in [-0.39, 0.29) is 0 Å². The van der Waals surface area contributed by atoms with Crippen LogP contribution in [0.4, 0.5) is 0 Å². The van der Waals surface area contributed by atoms with Gasteiger partial charge in [0.15, 0.2) is 17.5 Å². The van der Waals surface area contributed by atoms with Crippen molar-refractivity contribution in [2.45, 2.75) is 0 Å². The Morgan fingerprint density at radius 2 is 0.893 bits per heavy atom. The molecule has 3 aromatic heterocycles. The van der Waals surface area contributed by atoms with Gasteiger partial charge in [-0.05, 0) is 70.8 Å². The van der Waals surface area contributed by atoms with Gasteiger partial charge in [0.25, 0.3) is 0 Å². The lowest BCUT2D eigenvalue weighted by atomic mass is 9.99. The standard InChI is InChI=1S/C51H32N4O/c1-4-15-33(16-5-1)37-29-38(31-39(30-37)55-44-24-12-10-21-41(44)42-22-11-13-25-45(42)55)51-53-49(35-19-8-3-9-20-35)52-50(54-51)36-27-28-43-47(32-36)56-46-26-14-23-40(48(43)46)34-17-6-2-7-18-34/h1-32H. The molecule has 0 radical (unpaired) electrons. The van der Waals surface area contributed by atoms with Crippen molar-refractivity contribution < 1.29 is 4.42 Å². The third-order valence-electron chi connectivity index (χ3n) is 10.6. The molecule has 0 amide bonds. The van der Waals surface area contributed by atoms with E-state index in [0.717, 1.165) is 77.6 Å². The van der Waals surface area contributed by atoms with Crippen LogP contribution in [0.5, 0.6) is 0 Å². The number of hydrogen-bond donors (Lipinski definition) is 0. The van der Waals surface area contributed by atoms with Crippen LogP contribution < -0.4 is 0 Å². The minimum Gasteiger partial charge on any atom is -0.456 e. The Hall–Kier alpha value is -7.63. The molecule has 5 nitrogen and oxygen atoms in total. The first kappa shape index (κ1) is 31.9. The Labute approximate surface area is 322 Å². The van der Waals surface area contributed by atoms with Gasteiger partial charge in [0.2, 0.25) is 0 Å². The summed E-state index contributed by atoms with van der Waals surface area (Å²) in [7, 11) is 0. The summed E-state index contributed by atoms with van der Waals surface area (Å²) in [5, 5.41) is 4.56. The number of benzene rings is 8. The summed E-state index contributed by atoms with van der Waals surface area (Å²) in [5.41, 5.74) is 12.1. The Bertz CT molecular complexity index is 3190. The summed E-state index contributed by atoms with van der Waals surface area (Å²) in [6.45, 7) is 0. The van der Waals surface area contributed by atoms with Gasteiger partial charge >= 0.3 is 0 Å². The molecule has 11 rings (SSSR count). The van der Waals surface area contributed by atoms with Gasteiger partial charge in [-0.3, -0.25) is 0 Å². The van der Waals surface area contributed by atoms with Crippen molar-refractivity contribution in [2.75, 3.05) is 0 Å². The third kappa shape index (κ3) is 5.37. The maximum atomic E-state index is 6.52. The topological polar surface area (TPSA) is 56.7 Å². The van der Waals surface area contributed by atoms with Crippen molar-refractivity contribution in [1.29, 1.82) is 0 Å². The smallest absolute Gasteiger partial charge is 0.164 e. The second-order valence-electron chi connectivity index (χ2n) is 14.0. The van der Waals surface area contributed by atoms with E-state index in [9.17, 15) is 0 Å². The highest BCUT2D eigenvalue weighted by Crippen LogP contribution is 2.39. The quantitative estimate of drug-likeness (QED) is 0.172. The highest BCUT2D eigenvalue weighted by Gasteiger charge is 2.19. The van der Waals surface area contributed by atoms with Gasteiger partial charge in [-0.2, -0.15) is 0 Å². The number of fused-ring (bicyclic) bond motifs is 6. The molecular weight excluding hydrogens is 685 g/mol. The number of para-hydroxylation sites is 2. The zero-order valence-electron chi connectivity index (χ0n) is 30.2. The van der Waals surface area contributed by atoms with Gasteiger partial charge < -0.3 is 8.98 Å². The van der Waals surface area contributed by atoms with Crippen LogP contribution in [-0.4, -0.2) is 19.5 Å². The summed E-state index contributed by atoms with van der Waals surface area (Å²) in [6, 6.07) is 67.4. The number of rotatable bonds is 6. The van der Waals surface area contributed by atoms with Crippen LogP contribution >= 0.6 is 0 Å². The third-order valence-corrected chi connectivity index (χ3v) is 10.6. The van der Waals surface area contributed by atoms with E-state index in [1.165, 1.54) is 10.8 Å². The molecule has 0 N–H and O–H groups in total. The van der Waals surface area contributed by atoms with Gasteiger partial charge in [-0.25, -0.2) is 15.0 Å². The maximum Gasteiger partial charge on any atom is 0.164 e. The summed E-state index contributed by atoms with van der Waals surface area (Å²) < 4.78 is 8.87. The average Bonchev–Trinajstić information content (AvgIpc) is 3.83. The van der Waals surface area contributed by atoms with E-state index in [0.29, 0.717) is 17.5 Å². The molecule has 11 aromatic rings. The fourth-order valence-electron chi connectivity index (χ4n) is 8.04. The molecule has 8 aromatic carbocycles. The monoisotopic (exact) mass is 716 g/mol. The summed E-state index contributed by atoms with van der Waals surface area (Å²) in [6.07, 6.45) is 0. The predicted molar refractivity (Wildman–Crippen MR) is 229 cm³/mol. The molecule has 5 heteroatoms. The Morgan fingerprint density at radius 1 is 0.339 bits per heavy atom. The van der Waals surface area contributed by atoms with Gasteiger partial charge in [0, 0.05) is 43.9 Å². The molecule has 3 heterocycles. The highest BCUT2D eigenvalue weighted by atomic mass is 16.3. The largest absolute Gasteiger partial charge is 0.456 e. The number of furan rings is 1. The maximum absolute atomic E-state index is 6.52. The van der Waals surface area contributed by atoms with Gasteiger partial charge in [-0.15, -0.1) is 0 Å². The fourth-order valence-corrected chi connectivity index (χ4v) is 8.04. The molecular formula is C51H32N4O. The summed E-state index contributed by atoms with van der Waals surface area (Å²) in [4.78, 5) is 15.5. The van der Waals surface area contributed by atoms with Crippen molar-refractivity contribution in [3.05, 3.63) is 194 Å². The molecule has 0 fully saturated rings. The molecule has 56 heavy (non-hydrogen) atoms. The number of aromatic nitrogens is 4. The lowest BCUT2D eigenvalue weighted by molar-refractivity contribution is 0.669. The van der Waals surface area contributed by atoms with Crippen molar-refractivity contribution in [3.8, 4) is 62.1 Å². The second-order valence-corrected chi connectivity index (χ2v) is 14.0. The molecule has 0 bridgehead atoms. The van der Waals surface area contributed by atoms with E-state index in [1.807, 2.05) is 48.5 Å². The lowest BCUT2D eigenvalue weighted by Crippen LogP contribution is -2.01. The summed E-state index contributed by atoms with van der Waals surface area (Å²) in [5.74, 6) is 1.76. The molecule has 0 saturated carbocycles. The molecule has 0 spiro atoms. The highest BCUT2D eigenvalue weighted by molar-refractivity contribution is 6.13. The zero-order chi connectivity index (χ0) is 37.0. The molecule has 0 unspecified atom stereocenters. The van der Waals surface area contributed by atoms with Gasteiger partial charge in [0.05, 0.1) is 11.0 Å². The van der Waals surface area contributed by atoms with Crippen molar-refractivity contribution in [3.63, 3.8) is 0 Å². The van der Waals surface area contributed by atoms with Crippen LogP contribution in [0.3, 0.4) is 0 Å². The normalized spacial score (nSPS) is 11.6. The minimum absolute atomic E-state index is 0.572. The molecule has 0 atom stereocenters. The van der Waals surface area contributed by atoms with Crippen molar-refractivity contribution in [1.82, 2.24) is 19.5 Å². The molecule has 262 valence electrons. The van der Waals surface area contributed by atoms with E-state index < -0.39 is 0 Å². The lowest BCUT2D eigenvalue weighted by Gasteiger charge is -2.14. The first-order chi connectivity index (χ1) is 27.7. The average molecular weight is 717 g/mol. The summed E-state index contributed by atoms with van der Waals surface area (Å²) >= 11 is 0. The van der Waals surface area contributed by atoms with E-state index in [2.05, 4.69) is 150 Å². The van der Waals surface area contributed by atoms with E-state index in [1.54, 1.807) is 0 Å². The van der Waals surface area contributed by atoms with Crippen LogP contribution in [0, 0.1) is 0 Å². The molecule has 0 aliphatic carbocycles. The Kier molecular flexibility index (Phi) is 7.42. The van der Waals surface area contributed by atoms with Crippen LogP contribution in [0.15, 0.2) is 199 Å². The van der Waals surface area contributed by atoms with Crippen LogP contribution in [0.2, 0.25) is 0 Å². The van der Waals surface area contributed by atoms with Crippen LogP contribution in [0.1, 0.15) is 0 Å². The first-order valence-electron chi connectivity index (χ1n) is 18.8. The number of nitrogens with zero attached hydrogens (tertiary/aromatic N) is 4. The SMILES string of the molecule is c1ccc(-c2cc(-c3nc(-c4ccccc4)nc(-c4ccc5c(c4)oc4cccc(-c6ccccc6)c45)n3)cc(-n3c4ccccc4c4ccccc43)c2)cc1. The van der Waals surface area contributed by atoms with Gasteiger partial charge in [-0.1, -0.05) is 146 Å². The van der Waals surface area contributed by atoms with Gasteiger partial charge in [0.1, 0.15) is 11.2 Å². The minimum atomic E-state index is 0.572. The molecule has 0 aliphatic rings. The number of hydrogen-bond acceptors (Lipinski definition) is 4. The van der Waals surface area contributed by atoms with Crippen molar-refractivity contribution in [2.24, 2.45) is 0 Å². The van der Waals surface area contributed by atoms with Crippen LogP contribution in [-0.2, 0) is 0 Å². The van der Waals surface area contributed by atoms with E-state index >= 15 is 0 Å². The zero-order valence-corrected chi connectivity index (χ0v) is 30.2. The van der Waals surface area contributed by atoms with Crippen LogP contribution in [0.25, 0.3) is 106 Å². The molecule has 0 saturated heterocycles. The first-order valence-corrected chi connectivity index (χ1v) is 18.8. The fraction of sp³-hybridized carbons (Fsp3) is 0.